The third-order valence-electron chi connectivity index (χ3n) is 12.9. The molecule has 90 heavy (non-hydrogen) atoms. The maximum absolute atomic E-state index is 12.8. The van der Waals surface area contributed by atoms with Crippen molar-refractivity contribution in [2.45, 2.75) is 200 Å². The van der Waals surface area contributed by atoms with Gasteiger partial charge < -0.3 is 27.9 Å². The predicted octanol–water partition coefficient (Wildman–Crippen LogP) is 21.7. The fourth-order valence-corrected chi connectivity index (χ4v) is 8.50. The van der Waals surface area contributed by atoms with Gasteiger partial charge in [0.25, 0.3) is 7.82 Å². The van der Waals surface area contributed by atoms with Gasteiger partial charge in [0, 0.05) is 12.8 Å². The van der Waals surface area contributed by atoms with Gasteiger partial charge >= 0.3 is 11.9 Å². The summed E-state index contributed by atoms with van der Waals surface area (Å²) in [5.41, 5.74) is 0. The summed E-state index contributed by atoms with van der Waals surface area (Å²) in [5, 5.41) is 0. The molecule has 0 fully saturated rings. The average Bonchev–Trinajstić information content (AvgIpc) is 3.56. The van der Waals surface area contributed by atoms with Crippen molar-refractivity contribution in [2.75, 3.05) is 47.5 Å². The van der Waals surface area contributed by atoms with E-state index in [1.807, 2.05) is 21.1 Å². The molecule has 0 bridgehead atoms. The summed E-state index contributed by atoms with van der Waals surface area (Å²) in [5.74, 6) is -0.961. The van der Waals surface area contributed by atoms with Gasteiger partial charge in [0.2, 0.25) is 0 Å². The van der Waals surface area contributed by atoms with E-state index in [1.54, 1.807) is 0 Å². The molecule has 2 atom stereocenters. The number of likely N-dealkylation sites (N-methyl/N-ethyl adjacent to an activating group) is 1. The second kappa shape index (κ2) is 67.2. The molecule has 0 saturated heterocycles. The van der Waals surface area contributed by atoms with E-state index >= 15 is 0 Å². The van der Waals surface area contributed by atoms with Gasteiger partial charge in [-0.3, -0.25) is 14.2 Å². The van der Waals surface area contributed by atoms with Gasteiger partial charge in [0.1, 0.15) is 19.8 Å². The van der Waals surface area contributed by atoms with Crippen LogP contribution in [-0.2, 0) is 32.7 Å². The van der Waals surface area contributed by atoms with Crippen LogP contribution in [0.4, 0.5) is 0 Å². The van der Waals surface area contributed by atoms with Crippen LogP contribution in [0, 0.1) is 0 Å². The first kappa shape index (κ1) is 83.8. The van der Waals surface area contributed by atoms with Crippen molar-refractivity contribution in [1.29, 1.82) is 0 Å². The number of carbonyl (C=O) groups excluding carboxylic acids is 2. The van der Waals surface area contributed by atoms with Crippen LogP contribution in [0.3, 0.4) is 0 Å². The zero-order chi connectivity index (χ0) is 65.5. The van der Waals surface area contributed by atoms with E-state index in [2.05, 4.69) is 257 Å². The Hall–Kier alpha value is -6.19. The highest BCUT2D eigenvalue weighted by molar-refractivity contribution is 7.45. The molecule has 0 spiro atoms. The molecular weight excluding hydrogens is 1130 g/mol. The summed E-state index contributed by atoms with van der Waals surface area (Å²) >= 11 is 0. The van der Waals surface area contributed by atoms with Crippen LogP contribution in [-0.4, -0.2) is 70.0 Å². The lowest BCUT2D eigenvalue weighted by atomic mass is 10.1. The lowest BCUT2D eigenvalue weighted by molar-refractivity contribution is -0.870. The Bertz CT molecular complexity index is 2420. The van der Waals surface area contributed by atoms with Crippen LogP contribution >= 0.6 is 7.82 Å². The molecule has 0 aliphatic carbocycles. The van der Waals surface area contributed by atoms with Crippen LogP contribution in [0.25, 0.3) is 0 Å². The van der Waals surface area contributed by atoms with Gasteiger partial charge in [-0.2, -0.15) is 0 Å². The smallest absolute Gasteiger partial charge is 0.306 e. The number of nitrogens with zero attached hydrogens (tertiary/aromatic N) is 1. The van der Waals surface area contributed by atoms with Crippen LogP contribution in [0.2, 0.25) is 0 Å². The summed E-state index contributed by atoms with van der Waals surface area (Å²) in [6, 6.07) is 0. The molecule has 0 heterocycles. The average molecular weight is 1250 g/mol. The SMILES string of the molecule is CC/C=C\C/C=C\C/C=C\C/C=C\C/C=C\C/C=C\C/C=C\C/C=C\C/C=C\C/C=C\CCCCC(=O)OCC(COP(=O)([O-])OCC[N+](C)(C)C)OC(=O)CCCC/C=C\C/C=C\C/C=C\C/C=C\C/C=C\C/C=C\C/C=C\C/C=C\C/C=C\C/C=C\CC. The highest BCUT2D eigenvalue weighted by atomic mass is 31.2. The van der Waals surface area contributed by atoms with Gasteiger partial charge in [-0.25, -0.2) is 0 Å². The van der Waals surface area contributed by atoms with E-state index in [0.29, 0.717) is 23.9 Å². The summed E-state index contributed by atoms with van der Waals surface area (Å²) in [6.07, 6.45) is 111. The second-order valence-electron chi connectivity index (χ2n) is 22.4. The van der Waals surface area contributed by atoms with Crippen LogP contribution in [0.1, 0.15) is 194 Å². The predicted molar refractivity (Wildman–Crippen MR) is 387 cm³/mol. The van der Waals surface area contributed by atoms with Crippen molar-refractivity contribution in [2.24, 2.45) is 0 Å². The number of ether oxygens (including phenoxy) is 2. The topological polar surface area (TPSA) is 111 Å². The number of hydrogen-bond donors (Lipinski definition) is 0. The number of unbranched alkanes of at least 4 members (excludes halogenated alkanes) is 4. The van der Waals surface area contributed by atoms with Gasteiger partial charge in [0.15, 0.2) is 6.10 Å². The largest absolute Gasteiger partial charge is 0.756 e. The molecule has 0 N–H and O–H groups in total. The summed E-state index contributed by atoms with van der Waals surface area (Å²) in [7, 11) is 1.07. The minimum Gasteiger partial charge on any atom is -0.756 e. The quantitative estimate of drug-likeness (QED) is 0.0195. The molecule has 2 unspecified atom stereocenters. The van der Waals surface area contributed by atoms with E-state index in [0.717, 1.165) is 154 Å². The number of allylic oxidation sites excluding steroid dienone is 40. The first-order chi connectivity index (χ1) is 44.0. The molecule has 0 aromatic carbocycles. The Kier molecular flexibility index (Phi) is 62.6. The summed E-state index contributed by atoms with van der Waals surface area (Å²) in [4.78, 5) is 38.0. The zero-order valence-corrected chi connectivity index (χ0v) is 57.4. The third-order valence-corrected chi connectivity index (χ3v) is 13.8. The van der Waals surface area contributed by atoms with E-state index in [4.69, 9.17) is 18.5 Å². The zero-order valence-electron chi connectivity index (χ0n) is 56.5. The highest BCUT2D eigenvalue weighted by Gasteiger charge is 2.21. The van der Waals surface area contributed by atoms with Crippen molar-refractivity contribution in [3.63, 3.8) is 0 Å². The Morgan fingerprint density at radius 3 is 0.844 bits per heavy atom. The molecule has 0 saturated carbocycles. The Labute approximate surface area is 549 Å². The molecule has 10 heteroatoms. The number of rotatable bonds is 58. The molecule has 0 aromatic rings. The number of carbonyl (C=O) groups is 2. The van der Waals surface area contributed by atoms with Gasteiger partial charge in [0.05, 0.1) is 27.7 Å². The molecule has 0 aromatic heterocycles. The Balaban J connectivity index is 4.36. The maximum atomic E-state index is 12.8. The van der Waals surface area contributed by atoms with Crippen molar-refractivity contribution >= 4 is 19.8 Å². The highest BCUT2D eigenvalue weighted by Crippen LogP contribution is 2.38. The molecule has 0 radical (unpaired) electrons. The minimum absolute atomic E-state index is 0.0622. The standard InChI is InChI=1S/C80H120NO8P/c1-6-8-10-12-14-16-18-20-22-24-26-28-30-32-34-36-38-40-42-44-46-48-50-52-54-56-58-60-62-64-66-68-70-72-79(82)86-76-78(77-88-90(84,85)87-75-74-81(3,4)5)89-80(83)73-71-69-67-65-63-61-59-57-55-53-51-49-47-45-43-41-39-37-35-33-31-29-27-25-23-21-19-17-15-13-11-9-7-2/h8-11,14-17,20-23,26-29,32-35,38-41,44-47,50-53,56-59,62-65,78H,6-7,12-13,18-19,24-25,30-31,36-37,42-43,48-49,54-55,60-61,66-77H2,1-5H3/b10-8-,11-9-,16-14-,17-15-,22-20-,23-21-,28-26-,29-27-,34-32-,35-33-,40-38-,41-39-,46-44-,47-45-,52-50-,53-51-,58-56-,59-57-,64-62-,65-63-. The van der Waals surface area contributed by atoms with Crippen molar-refractivity contribution in [1.82, 2.24) is 0 Å². The van der Waals surface area contributed by atoms with Crippen LogP contribution < -0.4 is 4.89 Å². The molecule has 0 aliphatic rings. The van der Waals surface area contributed by atoms with Crippen molar-refractivity contribution in [3.8, 4) is 0 Å². The first-order valence-electron chi connectivity index (χ1n) is 33.7. The minimum atomic E-state index is -4.69. The van der Waals surface area contributed by atoms with Crippen LogP contribution in [0.5, 0.6) is 0 Å². The number of esters is 2. The molecule has 0 rings (SSSR count). The summed E-state index contributed by atoms with van der Waals surface area (Å²) in [6.45, 7) is 3.86. The van der Waals surface area contributed by atoms with Gasteiger partial charge in [-0.1, -0.05) is 257 Å². The lowest BCUT2D eigenvalue weighted by Gasteiger charge is -2.28. The van der Waals surface area contributed by atoms with E-state index in [-0.39, 0.29) is 26.1 Å². The fraction of sp³-hybridized carbons (Fsp3) is 0.475. The van der Waals surface area contributed by atoms with Crippen molar-refractivity contribution in [3.05, 3.63) is 243 Å². The second-order valence-corrected chi connectivity index (χ2v) is 23.8. The number of hydrogen-bond acceptors (Lipinski definition) is 8. The number of phosphoric ester groups is 1. The fourth-order valence-electron chi connectivity index (χ4n) is 7.77. The molecule has 9 nitrogen and oxygen atoms in total. The van der Waals surface area contributed by atoms with Crippen molar-refractivity contribution < 1.29 is 42.1 Å². The molecule has 498 valence electrons. The normalized spacial score (nSPS) is 14.7. The van der Waals surface area contributed by atoms with Gasteiger partial charge in [-0.05, 0) is 167 Å². The van der Waals surface area contributed by atoms with E-state index in [1.165, 1.54) is 0 Å². The van der Waals surface area contributed by atoms with E-state index in [9.17, 15) is 19.0 Å². The monoisotopic (exact) mass is 1250 g/mol. The van der Waals surface area contributed by atoms with E-state index < -0.39 is 32.5 Å². The lowest BCUT2D eigenvalue weighted by Crippen LogP contribution is -2.37. The Morgan fingerprint density at radius 1 is 0.344 bits per heavy atom. The summed E-state index contributed by atoms with van der Waals surface area (Å²) < 4.78 is 34.1. The number of phosphoric acid groups is 1. The third kappa shape index (κ3) is 70.9. The van der Waals surface area contributed by atoms with Crippen LogP contribution in [0.15, 0.2) is 243 Å². The molecule has 0 aliphatic heterocycles. The number of quaternary nitrogens is 1. The first-order valence-corrected chi connectivity index (χ1v) is 35.2. The molecular formula is C80H120NO8P. The molecule has 0 amide bonds. The maximum Gasteiger partial charge on any atom is 0.306 e. The Morgan fingerprint density at radius 2 is 0.589 bits per heavy atom. The van der Waals surface area contributed by atoms with Gasteiger partial charge in [-0.15, -0.1) is 0 Å².